The van der Waals surface area contributed by atoms with Crippen molar-refractivity contribution in [3.63, 3.8) is 0 Å². The van der Waals surface area contributed by atoms with Gasteiger partial charge in [-0.05, 0) is 42.3 Å². The first-order valence-corrected chi connectivity index (χ1v) is 7.96. The van der Waals surface area contributed by atoms with Crippen LogP contribution in [0, 0.1) is 12.7 Å². The number of nitrogens with zero attached hydrogens (tertiary/aromatic N) is 1. The first kappa shape index (κ1) is 18.6. The highest BCUT2D eigenvalue weighted by Crippen LogP contribution is 2.23. The van der Waals surface area contributed by atoms with Crippen molar-refractivity contribution in [2.75, 3.05) is 5.32 Å². The summed E-state index contributed by atoms with van der Waals surface area (Å²) in [5.74, 6) is -1.03. The van der Waals surface area contributed by atoms with Crippen LogP contribution in [-0.2, 0) is 9.59 Å². The van der Waals surface area contributed by atoms with E-state index >= 15 is 0 Å². The molecule has 2 aromatic rings. The van der Waals surface area contributed by atoms with Crippen molar-refractivity contribution in [2.45, 2.75) is 19.8 Å². The Labute approximate surface area is 149 Å². The Morgan fingerprint density at radius 2 is 1.80 bits per heavy atom. The average molecular weight is 362 g/mol. The van der Waals surface area contributed by atoms with Gasteiger partial charge in [-0.1, -0.05) is 29.8 Å². The lowest BCUT2D eigenvalue weighted by Gasteiger charge is -2.09. The molecular formula is C18H17ClFN3O2. The topological polar surface area (TPSA) is 70.6 Å². The van der Waals surface area contributed by atoms with E-state index in [1.165, 1.54) is 30.5 Å². The molecule has 0 aliphatic rings. The van der Waals surface area contributed by atoms with E-state index in [1.807, 2.05) is 0 Å². The third kappa shape index (κ3) is 6.00. The van der Waals surface area contributed by atoms with Crippen molar-refractivity contribution >= 4 is 35.3 Å². The molecule has 0 saturated carbocycles. The summed E-state index contributed by atoms with van der Waals surface area (Å²) < 4.78 is 12.8. The minimum absolute atomic E-state index is 0.00773. The lowest BCUT2D eigenvalue weighted by molar-refractivity contribution is -0.124. The molecule has 2 rings (SSSR count). The summed E-state index contributed by atoms with van der Waals surface area (Å²) >= 11 is 5.99. The van der Waals surface area contributed by atoms with E-state index in [9.17, 15) is 14.0 Å². The molecule has 2 N–H and O–H groups in total. The van der Waals surface area contributed by atoms with Crippen LogP contribution in [0.5, 0.6) is 0 Å². The molecule has 2 aromatic carbocycles. The predicted molar refractivity (Wildman–Crippen MR) is 96.2 cm³/mol. The molecule has 130 valence electrons. The minimum atomic E-state index is -0.392. The quantitative estimate of drug-likeness (QED) is 0.609. The summed E-state index contributed by atoms with van der Waals surface area (Å²) in [7, 11) is 0. The zero-order valence-corrected chi connectivity index (χ0v) is 14.3. The molecule has 0 radical (unpaired) electrons. The molecule has 25 heavy (non-hydrogen) atoms. The van der Waals surface area contributed by atoms with Crippen molar-refractivity contribution < 1.29 is 14.0 Å². The van der Waals surface area contributed by atoms with Crippen LogP contribution in [0.15, 0.2) is 47.6 Å². The Morgan fingerprint density at radius 3 is 2.52 bits per heavy atom. The van der Waals surface area contributed by atoms with Crippen LogP contribution in [0.2, 0.25) is 5.02 Å². The van der Waals surface area contributed by atoms with Crippen LogP contribution in [0.3, 0.4) is 0 Å². The van der Waals surface area contributed by atoms with Gasteiger partial charge in [0.05, 0.1) is 6.21 Å². The molecule has 0 unspecified atom stereocenters. The number of amides is 2. The van der Waals surface area contributed by atoms with Crippen LogP contribution in [0.4, 0.5) is 10.1 Å². The first-order chi connectivity index (χ1) is 12.0. The Kier molecular flexibility index (Phi) is 6.65. The standard InChI is InChI=1S/C18H17ClFN3O2/c1-12-15(19)3-2-4-16(12)22-17(24)9-10-18(25)23-21-11-13-5-7-14(20)8-6-13/h2-8,11H,9-10H2,1H3,(H,22,24)(H,23,25)/b21-11+. The lowest BCUT2D eigenvalue weighted by Crippen LogP contribution is -2.20. The summed E-state index contributed by atoms with van der Waals surface area (Å²) in [5, 5.41) is 7.04. The van der Waals surface area contributed by atoms with Crippen LogP contribution in [-0.4, -0.2) is 18.0 Å². The summed E-state index contributed by atoms with van der Waals surface area (Å²) in [5.41, 5.74) is 4.36. The second kappa shape index (κ2) is 8.94. The van der Waals surface area contributed by atoms with Crippen molar-refractivity contribution in [3.8, 4) is 0 Å². The van der Waals surface area contributed by atoms with Gasteiger partial charge in [0.15, 0.2) is 0 Å². The maximum atomic E-state index is 12.8. The number of hydrogen-bond acceptors (Lipinski definition) is 3. The molecule has 0 atom stereocenters. The molecule has 0 fully saturated rings. The summed E-state index contributed by atoms with van der Waals surface area (Å²) in [6, 6.07) is 10.9. The molecule has 2 amide bonds. The SMILES string of the molecule is Cc1c(Cl)cccc1NC(=O)CCC(=O)N/N=C/c1ccc(F)cc1. The van der Waals surface area contributed by atoms with Crippen molar-refractivity contribution in [3.05, 3.63) is 64.4 Å². The van der Waals surface area contributed by atoms with Crippen molar-refractivity contribution in [2.24, 2.45) is 5.10 Å². The molecule has 0 aliphatic heterocycles. The monoisotopic (exact) mass is 361 g/mol. The van der Waals surface area contributed by atoms with Crippen LogP contribution < -0.4 is 10.7 Å². The fourth-order valence-corrected chi connectivity index (χ4v) is 2.14. The molecule has 0 saturated heterocycles. The summed E-state index contributed by atoms with van der Waals surface area (Å²) in [4.78, 5) is 23.6. The number of halogens is 2. The van der Waals surface area contributed by atoms with Crippen LogP contribution in [0.1, 0.15) is 24.0 Å². The highest BCUT2D eigenvalue weighted by Gasteiger charge is 2.09. The first-order valence-electron chi connectivity index (χ1n) is 7.58. The molecule has 0 aliphatic carbocycles. The largest absolute Gasteiger partial charge is 0.326 e. The van der Waals surface area contributed by atoms with E-state index in [1.54, 1.807) is 25.1 Å². The van der Waals surface area contributed by atoms with E-state index in [-0.39, 0.29) is 24.6 Å². The van der Waals surface area contributed by atoms with E-state index in [0.29, 0.717) is 16.3 Å². The number of hydrogen-bond donors (Lipinski definition) is 2. The number of anilines is 1. The van der Waals surface area contributed by atoms with E-state index < -0.39 is 5.91 Å². The average Bonchev–Trinajstić information content (AvgIpc) is 2.59. The van der Waals surface area contributed by atoms with Gasteiger partial charge in [-0.2, -0.15) is 5.10 Å². The number of benzene rings is 2. The van der Waals surface area contributed by atoms with Gasteiger partial charge in [0.25, 0.3) is 0 Å². The fraction of sp³-hybridized carbons (Fsp3) is 0.167. The molecule has 0 heterocycles. The van der Waals surface area contributed by atoms with Crippen molar-refractivity contribution in [1.29, 1.82) is 0 Å². The lowest BCUT2D eigenvalue weighted by atomic mass is 10.2. The zero-order chi connectivity index (χ0) is 18.2. The molecule has 0 bridgehead atoms. The number of carbonyl (C=O) groups excluding carboxylic acids is 2. The Balaban J connectivity index is 1.76. The predicted octanol–water partition coefficient (Wildman–Crippen LogP) is 3.66. The molecular weight excluding hydrogens is 345 g/mol. The minimum Gasteiger partial charge on any atom is -0.326 e. The summed E-state index contributed by atoms with van der Waals surface area (Å²) in [6.45, 7) is 1.80. The molecule has 5 nitrogen and oxygen atoms in total. The third-order valence-electron chi connectivity index (χ3n) is 3.39. The molecule has 0 aromatic heterocycles. The Morgan fingerprint density at radius 1 is 1.12 bits per heavy atom. The highest BCUT2D eigenvalue weighted by atomic mass is 35.5. The van der Waals surface area contributed by atoms with E-state index in [4.69, 9.17) is 11.6 Å². The Bertz CT molecular complexity index is 791. The Hall–Kier alpha value is -2.73. The van der Waals surface area contributed by atoms with Gasteiger partial charge in [-0.15, -0.1) is 0 Å². The summed E-state index contributed by atoms with van der Waals surface area (Å²) in [6.07, 6.45) is 1.41. The van der Waals surface area contributed by atoms with Gasteiger partial charge in [0, 0.05) is 23.6 Å². The molecule has 0 spiro atoms. The van der Waals surface area contributed by atoms with E-state index in [0.717, 1.165) is 5.56 Å². The van der Waals surface area contributed by atoms with Gasteiger partial charge in [-0.25, -0.2) is 9.82 Å². The number of carbonyl (C=O) groups is 2. The second-order valence-electron chi connectivity index (χ2n) is 5.31. The van der Waals surface area contributed by atoms with Gasteiger partial charge in [-0.3, -0.25) is 9.59 Å². The van der Waals surface area contributed by atoms with Gasteiger partial charge in [0.2, 0.25) is 11.8 Å². The second-order valence-corrected chi connectivity index (χ2v) is 5.71. The normalized spacial score (nSPS) is 10.7. The van der Waals surface area contributed by atoms with Crippen LogP contribution >= 0.6 is 11.6 Å². The van der Waals surface area contributed by atoms with Gasteiger partial charge < -0.3 is 5.32 Å². The van der Waals surface area contributed by atoms with Gasteiger partial charge in [0.1, 0.15) is 5.82 Å². The van der Waals surface area contributed by atoms with Gasteiger partial charge >= 0.3 is 0 Å². The van der Waals surface area contributed by atoms with Crippen LogP contribution in [0.25, 0.3) is 0 Å². The number of nitrogens with one attached hydrogen (secondary N) is 2. The number of rotatable bonds is 6. The zero-order valence-electron chi connectivity index (χ0n) is 13.6. The number of hydrazone groups is 1. The highest BCUT2D eigenvalue weighted by molar-refractivity contribution is 6.31. The maximum absolute atomic E-state index is 12.8. The smallest absolute Gasteiger partial charge is 0.240 e. The third-order valence-corrected chi connectivity index (χ3v) is 3.80. The fourth-order valence-electron chi connectivity index (χ4n) is 1.97. The molecule has 7 heteroatoms. The van der Waals surface area contributed by atoms with E-state index in [2.05, 4.69) is 15.8 Å². The van der Waals surface area contributed by atoms with Crippen molar-refractivity contribution in [1.82, 2.24) is 5.43 Å². The maximum Gasteiger partial charge on any atom is 0.240 e.